The number of hydrogen-bond acceptors (Lipinski definition) is 2. The second-order valence-corrected chi connectivity index (χ2v) is 6.33. The molecule has 2 fully saturated rings. The van der Waals surface area contributed by atoms with Crippen LogP contribution in [0.4, 0.5) is 0 Å². The predicted octanol–water partition coefficient (Wildman–Crippen LogP) is 1.93. The van der Waals surface area contributed by atoms with Crippen LogP contribution < -0.4 is 10.6 Å². The molecular formula is C14H26N2O. The smallest absolute Gasteiger partial charge is 0.227 e. The minimum absolute atomic E-state index is 0.191. The molecule has 4 atom stereocenters. The maximum Gasteiger partial charge on any atom is 0.227 e. The van der Waals surface area contributed by atoms with E-state index in [-0.39, 0.29) is 11.3 Å². The number of hydrogen-bond donors (Lipinski definition) is 2. The number of nitrogens with one attached hydrogen (secondary N) is 2. The van der Waals surface area contributed by atoms with Gasteiger partial charge < -0.3 is 10.6 Å². The topological polar surface area (TPSA) is 41.1 Å². The van der Waals surface area contributed by atoms with Crippen molar-refractivity contribution in [1.29, 1.82) is 0 Å². The maximum atomic E-state index is 12.4. The highest BCUT2D eigenvalue weighted by Crippen LogP contribution is 2.33. The molecular weight excluding hydrogens is 212 g/mol. The molecule has 1 aliphatic carbocycles. The Bertz CT molecular complexity index is 284. The summed E-state index contributed by atoms with van der Waals surface area (Å²) >= 11 is 0. The fourth-order valence-electron chi connectivity index (χ4n) is 3.16. The summed E-state index contributed by atoms with van der Waals surface area (Å²) in [5.74, 6) is 1.63. The Morgan fingerprint density at radius 3 is 2.65 bits per heavy atom. The second-order valence-electron chi connectivity index (χ2n) is 6.33. The van der Waals surface area contributed by atoms with Crippen molar-refractivity contribution in [3.63, 3.8) is 0 Å². The van der Waals surface area contributed by atoms with Crippen molar-refractivity contribution in [1.82, 2.24) is 10.6 Å². The zero-order valence-corrected chi connectivity index (χ0v) is 11.4. The third-order valence-electron chi connectivity index (χ3n) is 4.93. The molecule has 1 saturated heterocycles. The van der Waals surface area contributed by atoms with Crippen LogP contribution in [0, 0.1) is 17.3 Å². The molecule has 1 aliphatic heterocycles. The van der Waals surface area contributed by atoms with Gasteiger partial charge in [-0.15, -0.1) is 0 Å². The van der Waals surface area contributed by atoms with Gasteiger partial charge in [0.1, 0.15) is 0 Å². The van der Waals surface area contributed by atoms with Gasteiger partial charge in [-0.3, -0.25) is 4.79 Å². The Morgan fingerprint density at radius 1 is 1.35 bits per heavy atom. The van der Waals surface area contributed by atoms with Crippen molar-refractivity contribution in [2.75, 3.05) is 13.1 Å². The average Bonchev–Trinajstić information content (AvgIpc) is 2.62. The van der Waals surface area contributed by atoms with Crippen LogP contribution in [0.25, 0.3) is 0 Å². The lowest BCUT2D eigenvalue weighted by Gasteiger charge is -2.34. The number of carbonyl (C=O) groups is 1. The summed E-state index contributed by atoms with van der Waals surface area (Å²) in [6.45, 7) is 8.54. The van der Waals surface area contributed by atoms with Gasteiger partial charge in [-0.25, -0.2) is 0 Å². The largest absolute Gasteiger partial charge is 0.353 e. The molecule has 1 amide bonds. The Balaban J connectivity index is 1.92. The predicted molar refractivity (Wildman–Crippen MR) is 69.7 cm³/mol. The molecule has 2 N–H and O–H groups in total. The zero-order valence-electron chi connectivity index (χ0n) is 11.4. The molecule has 0 aromatic rings. The number of piperidine rings is 1. The lowest BCUT2D eigenvalue weighted by Crippen LogP contribution is -2.51. The summed E-state index contributed by atoms with van der Waals surface area (Å²) in [6.07, 6.45) is 4.53. The van der Waals surface area contributed by atoms with Crippen molar-refractivity contribution in [3.8, 4) is 0 Å². The molecule has 0 radical (unpaired) electrons. The maximum absolute atomic E-state index is 12.4. The molecule has 17 heavy (non-hydrogen) atoms. The number of amides is 1. The molecule has 0 spiro atoms. The van der Waals surface area contributed by atoms with Crippen molar-refractivity contribution in [3.05, 3.63) is 0 Å². The van der Waals surface area contributed by atoms with Crippen LogP contribution in [0.2, 0.25) is 0 Å². The monoisotopic (exact) mass is 238 g/mol. The number of carbonyl (C=O) groups excluding carboxylic acids is 1. The van der Waals surface area contributed by atoms with E-state index in [1.165, 1.54) is 6.42 Å². The first kappa shape index (κ1) is 12.9. The second kappa shape index (κ2) is 4.97. The Hall–Kier alpha value is -0.570. The molecule has 3 heteroatoms. The number of rotatable bonds is 2. The van der Waals surface area contributed by atoms with Crippen molar-refractivity contribution >= 4 is 5.91 Å². The van der Waals surface area contributed by atoms with Crippen LogP contribution in [0.1, 0.15) is 46.5 Å². The molecule has 2 rings (SSSR count). The lowest BCUT2D eigenvalue weighted by atomic mass is 9.81. The van der Waals surface area contributed by atoms with E-state index in [9.17, 15) is 4.79 Å². The van der Waals surface area contributed by atoms with Crippen LogP contribution in [0.15, 0.2) is 0 Å². The van der Waals surface area contributed by atoms with Crippen molar-refractivity contribution < 1.29 is 4.79 Å². The van der Waals surface area contributed by atoms with E-state index in [0.29, 0.717) is 12.0 Å². The van der Waals surface area contributed by atoms with Crippen molar-refractivity contribution in [2.45, 2.75) is 52.5 Å². The van der Waals surface area contributed by atoms with Gasteiger partial charge in [-0.1, -0.05) is 13.8 Å². The Labute approximate surface area is 105 Å². The van der Waals surface area contributed by atoms with Crippen LogP contribution in [-0.4, -0.2) is 25.0 Å². The summed E-state index contributed by atoms with van der Waals surface area (Å²) in [5, 5.41) is 6.63. The summed E-state index contributed by atoms with van der Waals surface area (Å²) < 4.78 is 0. The highest BCUT2D eigenvalue weighted by molar-refractivity contribution is 5.83. The summed E-state index contributed by atoms with van der Waals surface area (Å²) in [4.78, 5) is 12.4. The van der Waals surface area contributed by atoms with Crippen molar-refractivity contribution in [2.24, 2.45) is 17.3 Å². The summed E-state index contributed by atoms with van der Waals surface area (Å²) in [6, 6.07) is 0.399. The van der Waals surface area contributed by atoms with Crippen LogP contribution in [0.3, 0.4) is 0 Å². The Morgan fingerprint density at radius 2 is 2.12 bits per heavy atom. The van der Waals surface area contributed by atoms with Gasteiger partial charge in [0.05, 0.1) is 5.41 Å². The minimum Gasteiger partial charge on any atom is -0.353 e. The van der Waals surface area contributed by atoms with Gasteiger partial charge in [0.15, 0.2) is 0 Å². The summed E-state index contributed by atoms with van der Waals surface area (Å²) in [7, 11) is 0. The van der Waals surface area contributed by atoms with E-state index < -0.39 is 0 Å². The zero-order chi connectivity index (χ0) is 12.5. The first-order chi connectivity index (χ1) is 8.03. The quantitative estimate of drug-likeness (QED) is 0.772. The van der Waals surface area contributed by atoms with Crippen LogP contribution >= 0.6 is 0 Å². The van der Waals surface area contributed by atoms with Gasteiger partial charge in [0.2, 0.25) is 5.91 Å². The van der Waals surface area contributed by atoms with E-state index in [1.807, 2.05) is 0 Å². The third-order valence-corrected chi connectivity index (χ3v) is 4.93. The molecule has 1 heterocycles. The molecule has 1 saturated carbocycles. The molecule has 0 bridgehead atoms. The standard InChI is InChI=1S/C14H26N2O/c1-10-5-6-12(11(10)2)16-13(17)14(3)7-4-8-15-9-14/h10-12,15H,4-9H2,1-3H3,(H,16,17). The first-order valence-electron chi connectivity index (χ1n) is 7.04. The first-order valence-corrected chi connectivity index (χ1v) is 7.04. The van der Waals surface area contributed by atoms with Crippen LogP contribution in [0.5, 0.6) is 0 Å². The van der Waals surface area contributed by atoms with E-state index in [1.54, 1.807) is 0 Å². The van der Waals surface area contributed by atoms with Crippen LogP contribution in [-0.2, 0) is 4.79 Å². The molecule has 98 valence electrons. The molecule has 4 unspecified atom stereocenters. The molecule has 0 aromatic heterocycles. The van der Waals surface area contributed by atoms with E-state index in [4.69, 9.17) is 0 Å². The van der Waals surface area contributed by atoms with E-state index in [0.717, 1.165) is 38.3 Å². The Kier molecular flexibility index (Phi) is 3.76. The fourth-order valence-corrected chi connectivity index (χ4v) is 3.16. The molecule has 3 nitrogen and oxygen atoms in total. The highest BCUT2D eigenvalue weighted by atomic mass is 16.2. The fraction of sp³-hybridized carbons (Fsp3) is 0.929. The van der Waals surface area contributed by atoms with E-state index >= 15 is 0 Å². The van der Waals surface area contributed by atoms with Gasteiger partial charge in [0, 0.05) is 12.6 Å². The van der Waals surface area contributed by atoms with Gasteiger partial charge in [0.25, 0.3) is 0 Å². The van der Waals surface area contributed by atoms with Gasteiger partial charge in [-0.2, -0.15) is 0 Å². The lowest BCUT2D eigenvalue weighted by molar-refractivity contribution is -0.132. The van der Waals surface area contributed by atoms with Gasteiger partial charge >= 0.3 is 0 Å². The molecule has 2 aliphatic rings. The van der Waals surface area contributed by atoms with Gasteiger partial charge in [-0.05, 0) is 51.0 Å². The van der Waals surface area contributed by atoms with E-state index in [2.05, 4.69) is 31.4 Å². The average molecular weight is 238 g/mol. The highest BCUT2D eigenvalue weighted by Gasteiger charge is 2.38. The SMILES string of the molecule is CC1CCC(NC(=O)C2(C)CCCNC2)C1C. The third kappa shape index (κ3) is 2.65. The minimum atomic E-state index is -0.191. The normalized spacial score (nSPS) is 42.4. The molecule has 0 aromatic carbocycles. The summed E-state index contributed by atoms with van der Waals surface area (Å²) in [5.41, 5.74) is -0.191.